The summed E-state index contributed by atoms with van der Waals surface area (Å²) in [5.74, 6) is -0.835. The van der Waals surface area contributed by atoms with Crippen molar-refractivity contribution in [2.75, 3.05) is 6.61 Å². The number of benzene rings is 3. The maximum Gasteiger partial charge on any atom is 0.426 e. The first-order chi connectivity index (χ1) is 18.9. The number of fused-ring (bicyclic) bond motifs is 3. The molecule has 2 aliphatic rings. The molecule has 40 heavy (non-hydrogen) atoms. The van der Waals surface area contributed by atoms with E-state index in [0.717, 1.165) is 22.3 Å². The lowest BCUT2D eigenvalue weighted by molar-refractivity contribution is -0.165. The van der Waals surface area contributed by atoms with Crippen LogP contribution in [0, 0.1) is 0 Å². The molecule has 7 nitrogen and oxygen atoms in total. The molecule has 0 saturated carbocycles. The normalized spacial score (nSPS) is 16.4. The highest BCUT2D eigenvalue weighted by molar-refractivity contribution is 5.82. The average molecular weight is 554 g/mol. The molecule has 1 aliphatic carbocycles. The minimum absolute atomic E-state index is 0.000730. The average Bonchev–Trinajstić information content (AvgIpc) is 3.65. The van der Waals surface area contributed by atoms with E-state index in [9.17, 15) is 22.8 Å². The van der Waals surface area contributed by atoms with E-state index >= 15 is 0 Å². The van der Waals surface area contributed by atoms with Crippen molar-refractivity contribution in [1.82, 2.24) is 16.2 Å². The number of ether oxygens (including phenoxy) is 2. The van der Waals surface area contributed by atoms with Crippen LogP contribution in [0.2, 0.25) is 0 Å². The molecule has 0 radical (unpaired) electrons. The van der Waals surface area contributed by atoms with Gasteiger partial charge in [0.15, 0.2) is 0 Å². The van der Waals surface area contributed by atoms with Crippen molar-refractivity contribution in [3.63, 3.8) is 0 Å². The highest BCUT2D eigenvalue weighted by Gasteiger charge is 2.65. The Morgan fingerprint density at radius 3 is 1.95 bits per heavy atom. The van der Waals surface area contributed by atoms with E-state index in [1.165, 1.54) is 24.3 Å². The van der Waals surface area contributed by atoms with Crippen molar-refractivity contribution in [2.24, 2.45) is 0 Å². The van der Waals surface area contributed by atoms with Crippen molar-refractivity contribution in [3.05, 3.63) is 95.1 Å². The van der Waals surface area contributed by atoms with Crippen molar-refractivity contribution in [2.45, 2.75) is 56.6 Å². The van der Waals surface area contributed by atoms with Gasteiger partial charge >= 0.3 is 18.2 Å². The van der Waals surface area contributed by atoms with Crippen LogP contribution in [0.15, 0.2) is 72.8 Å². The quantitative estimate of drug-likeness (QED) is 0.271. The Bertz CT molecular complexity index is 1370. The number of alkyl carbamates (subject to hydrolysis) is 1. The Morgan fingerprint density at radius 2 is 1.45 bits per heavy atom. The van der Waals surface area contributed by atoms with E-state index in [-0.39, 0.29) is 24.5 Å². The van der Waals surface area contributed by atoms with Gasteiger partial charge in [-0.1, -0.05) is 72.8 Å². The van der Waals surface area contributed by atoms with Gasteiger partial charge in [-0.2, -0.15) is 13.2 Å². The highest BCUT2D eigenvalue weighted by Crippen LogP contribution is 2.44. The van der Waals surface area contributed by atoms with Crippen LogP contribution in [0.4, 0.5) is 18.0 Å². The van der Waals surface area contributed by atoms with Gasteiger partial charge in [-0.3, -0.25) is 0 Å². The number of hydrazine groups is 1. The van der Waals surface area contributed by atoms with Gasteiger partial charge in [-0.15, -0.1) is 0 Å². The molecule has 1 amide bonds. The Kier molecular flexibility index (Phi) is 7.09. The number of alkyl halides is 3. The molecule has 5 rings (SSSR count). The standard InChI is InChI=1S/C30H30F3N3O4/c1-28(2,3)40-26(37)25(16-18-12-14-19(15-13-18)29(35-36-29)30(31,32)33)34-27(38)39-17-24-22-10-6-4-8-20(22)21-9-5-7-11-23(21)24/h4-15,24-25,35-36H,16-17H2,1-3H3,(H,34,38)/t25-/m0/s1. The molecular formula is C30H30F3N3O4. The molecule has 3 aromatic rings. The molecule has 0 spiro atoms. The second-order valence-electron chi connectivity index (χ2n) is 11.0. The zero-order valence-corrected chi connectivity index (χ0v) is 22.3. The zero-order chi connectivity index (χ0) is 28.7. The van der Waals surface area contributed by atoms with Crippen molar-refractivity contribution < 1.29 is 32.2 Å². The van der Waals surface area contributed by atoms with Crippen LogP contribution in [0.1, 0.15) is 48.9 Å². The van der Waals surface area contributed by atoms with Crippen molar-refractivity contribution in [1.29, 1.82) is 0 Å². The van der Waals surface area contributed by atoms with E-state index in [1.54, 1.807) is 20.8 Å². The summed E-state index contributed by atoms with van der Waals surface area (Å²) >= 11 is 0. The Hall–Kier alpha value is -3.89. The lowest BCUT2D eigenvalue weighted by atomic mass is 9.98. The van der Waals surface area contributed by atoms with Crippen molar-refractivity contribution >= 4 is 12.1 Å². The third-order valence-electron chi connectivity index (χ3n) is 6.95. The lowest BCUT2D eigenvalue weighted by Gasteiger charge is -2.25. The minimum Gasteiger partial charge on any atom is -0.458 e. The second kappa shape index (κ2) is 10.3. The third-order valence-corrected chi connectivity index (χ3v) is 6.95. The first-order valence-electron chi connectivity index (χ1n) is 12.9. The molecule has 1 heterocycles. The summed E-state index contributed by atoms with van der Waals surface area (Å²) in [5.41, 5.74) is 6.03. The Labute approximate surface area is 230 Å². The number of amides is 1. The number of carbonyl (C=O) groups excluding carboxylic acids is 2. The minimum atomic E-state index is -4.53. The Morgan fingerprint density at radius 1 is 0.900 bits per heavy atom. The molecule has 1 fully saturated rings. The number of esters is 1. The fourth-order valence-corrected chi connectivity index (χ4v) is 4.99. The molecule has 10 heteroatoms. The summed E-state index contributed by atoms with van der Waals surface area (Å²) in [5, 5.41) is 2.60. The van der Waals surface area contributed by atoms with Gasteiger partial charge in [-0.25, -0.2) is 20.4 Å². The summed E-state index contributed by atoms with van der Waals surface area (Å²) < 4.78 is 51.3. The second-order valence-corrected chi connectivity index (χ2v) is 11.0. The summed E-state index contributed by atoms with van der Waals surface area (Å²) in [6.07, 6.45) is -5.32. The van der Waals surface area contributed by atoms with E-state index in [1.807, 2.05) is 48.5 Å². The topological polar surface area (TPSA) is 109 Å². The molecule has 0 aromatic heterocycles. The lowest BCUT2D eigenvalue weighted by Crippen LogP contribution is -2.46. The molecule has 1 saturated heterocycles. The smallest absolute Gasteiger partial charge is 0.426 e. The number of rotatable bonds is 7. The van der Waals surface area contributed by atoms with Gasteiger partial charge in [0.25, 0.3) is 0 Å². The molecule has 3 aromatic carbocycles. The third kappa shape index (κ3) is 5.55. The fourth-order valence-electron chi connectivity index (χ4n) is 4.99. The van der Waals surface area contributed by atoms with Crippen molar-refractivity contribution in [3.8, 4) is 11.1 Å². The Balaban J connectivity index is 1.28. The maximum atomic E-state index is 13.4. The predicted molar refractivity (Wildman–Crippen MR) is 142 cm³/mol. The van der Waals surface area contributed by atoms with Gasteiger partial charge in [0, 0.05) is 12.3 Å². The molecule has 0 unspecified atom stereocenters. The molecular weight excluding hydrogens is 523 g/mol. The van der Waals surface area contributed by atoms with Crippen LogP contribution >= 0.6 is 0 Å². The van der Waals surface area contributed by atoms with Crippen LogP contribution in [0.3, 0.4) is 0 Å². The van der Waals surface area contributed by atoms with E-state index in [4.69, 9.17) is 9.47 Å². The van der Waals surface area contributed by atoms with Gasteiger partial charge < -0.3 is 14.8 Å². The number of carbonyl (C=O) groups is 2. The van der Waals surface area contributed by atoms with E-state index < -0.39 is 35.5 Å². The highest BCUT2D eigenvalue weighted by atomic mass is 19.4. The van der Waals surface area contributed by atoms with Crippen LogP contribution in [-0.2, 0) is 26.4 Å². The summed E-state index contributed by atoms with van der Waals surface area (Å²) in [4.78, 5) is 25.9. The SMILES string of the molecule is CC(C)(C)OC(=O)[C@H](Cc1ccc(C2(C(F)(F)F)NN2)cc1)NC(=O)OCC1c2ccccc2-c2ccccc21. The van der Waals surface area contributed by atoms with Crippen LogP contribution in [0.5, 0.6) is 0 Å². The molecule has 210 valence electrons. The zero-order valence-electron chi connectivity index (χ0n) is 22.3. The number of halogens is 3. The molecule has 3 N–H and O–H groups in total. The maximum absolute atomic E-state index is 13.4. The van der Waals surface area contributed by atoms with Gasteiger partial charge in [0.2, 0.25) is 5.66 Å². The van der Waals surface area contributed by atoms with E-state index in [0.29, 0.717) is 5.56 Å². The van der Waals surface area contributed by atoms with E-state index in [2.05, 4.69) is 16.2 Å². The van der Waals surface area contributed by atoms with Gasteiger partial charge in [-0.05, 0) is 54.2 Å². The van der Waals surface area contributed by atoms with Crippen LogP contribution in [-0.4, -0.2) is 36.5 Å². The fraction of sp³-hybridized carbons (Fsp3) is 0.333. The number of hydrogen-bond acceptors (Lipinski definition) is 6. The number of hydrogen-bond donors (Lipinski definition) is 3. The molecule has 1 aliphatic heterocycles. The van der Waals surface area contributed by atoms with Gasteiger partial charge in [0.1, 0.15) is 18.2 Å². The monoisotopic (exact) mass is 553 g/mol. The van der Waals surface area contributed by atoms with Crippen LogP contribution < -0.4 is 16.2 Å². The van der Waals surface area contributed by atoms with Gasteiger partial charge in [0.05, 0.1) is 0 Å². The summed E-state index contributed by atoms with van der Waals surface area (Å²) in [6, 6.07) is 20.4. The molecule has 0 bridgehead atoms. The summed E-state index contributed by atoms with van der Waals surface area (Å²) in [7, 11) is 0. The van der Waals surface area contributed by atoms with Crippen LogP contribution in [0.25, 0.3) is 11.1 Å². The molecule has 1 atom stereocenters. The number of nitrogens with one attached hydrogen (secondary N) is 3. The first-order valence-corrected chi connectivity index (χ1v) is 12.9. The summed E-state index contributed by atoms with van der Waals surface area (Å²) in [6.45, 7) is 5.18. The predicted octanol–water partition coefficient (Wildman–Crippen LogP) is 5.30. The largest absolute Gasteiger partial charge is 0.458 e. The first kappa shape index (κ1) is 27.7.